The van der Waals surface area contributed by atoms with E-state index in [-0.39, 0.29) is 0 Å². The summed E-state index contributed by atoms with van der Waals surface area (Å²) in [5.41, 5.74) is 1.36. The first kappa shape index (κ1) is 12.3. The lowest BCUT2D eigenvalue weighted by Gasteiger charge is -2.32. The molecule has 3 heteroatoms. The van der Waals surface area contributed by atoms with Gasteiger partial charge in [0, 0.05) is 17.8 Å². The highest BCUT2D eigenvalue weighted by molar-refractivity contribution is 6.21. The van der Waals surface area contributed by atoms with Gasteiger partial charge in [-0.15, -0.1) is 11.6 Å². The molecular formula is C15H20ClNO. The van der Waals surface area contributed by atoms with Crippen molar-refractivity contribution >= 4 is 11.6 Å². The molecule has 0 bridgehead atoms. The Morgan fingerprint density at radius 3 is 2.89 bits per heavy atom. The van der Waals surface area contributed by atoms with Crippen LogP contribution in [-0.4, -0.2) is 25.1 Å². The smallest absolute Gasteiger partial charge is 0.122 e. The summed E-state index contributed by atoms with van der Waals surface area (Å²) < 4.78 is 5.68. The van der Waals surface area contributed by atoms with Crippen molar-refractivity contribution in [3.05, 3.63) is 29.8 Å². The molecule has 1 heterocycles. The van der Waals surface area contributed by atoms with E-state index in [1.54, 1.807) is 0 Å². The second-order valence-corrected chi connectivity index (χ2v) is 6.08. The number of alkyl halides is 1. The summed E-state index contributed by atoms with van der Waals surface area (Å²) in [4.78, 5) is 0. The molecule has 1 aromatic carbocycles. The second kappa shape index (κ2) is 5.50. The molecule has 1 unspecified atom stereocenters. The van der Waals surface area contributed by atoms with Gasteiger partial charge in [0.25, 0.3) is 0 Å². The van der Waals surface area contributed by atoms with Crippen molar-refractivity contribution in [2.24, 2.45) is 5.92 Å². The molecule has 0 spiro atoms. The van der Waals surface area contributed by atoms with Crippen LogP contribution in [0.3, 0.4) is 0 Å². The fourth-order valence-corrected chi connectivity index (χ4v) is 3.41. The number of para-hydroxylation sites is 1. The van der Waals surface area contributed by atoms with Gasteiger partial charge in [0.1, 0.15) is 5.75 Å². The molecule has 2 nitrogen and oxygen atoms in total. The first-order chi connectivity index (χ1) is 8.83. The van der Waals surface area contributed by atoms with Gasteiger partial charge in [0.15, 0.2) is 0 Å². The Morgan fingerprint density at radius 2 is 2.06 bits per heavy atom. The molecule has 1 aromatic rings. The van der Waals surface area contributed by atoms with Crippen LogP contribution in [-0.2, 0) is 0 Å². The normalized spacial score (nSPS) is 30.2. The summed E-state index contributed by atoms with van der Waals surface area (Å²) in [5, 5.41) is 4.04. The molecule has 2 aliphatic rings. The molecule has 1 aliphatic heterocycles. The molecule has 1 atom stereocenters. The maximum Gasteiger partial charge on any atom is 0.122 e. The number of ether oxygens (including phenoxy) is 1. The molecule has 1 saturated carbocycles. The molecule has 1 N–H and O–H groups in total. The van der Waals surface area contributed by atoms with Crippen molar-refractivity contribution < 1.29 is 4.74 Å². The van der Waals surface area contributed by atoms with Gasteiger partial charge in [-0.05, 0) is 43.4 Å². The van der Waals surface area contributed by atoms with Gasteiger partial charge in [0.2, 0.25) is 0 Å². The van der Waals surface area contributed by atoms with E-state index in [0.29, 0.717) is 11.3 Å². The minimum absolute atomic E-state index is 0.431. The van der Waals surface area contributed by atoms with E-state index >= 15 is 0 Å². The zero-order valence-corrected chi connectivity index (χ0v) is 11.3. The summed E-state index contributed by atoms with van der Waals surface area (Å²) in [5.74, 6) is 2.46. The Bertz CT molecular complexity index is 403. The van der Waals surface area contributed by atoms with Crippen molar-refractivity contribution in [3.8, 4) is 5.75 Å². The maximum absolute atomic E-state index is 5.99. The quantitative estimate of drug-likeness (QED) is 0.845. The van der Waals surface area contributed by atoms with Crippen LogP contribution in [0, 0.1) is 5.92 Å². The Labute approximate surface area is 114 Å². The van der Waals surface area contributed by atoms with Crippen LogP contribution in [0.25, 0.3) is 0 Å². The number of fused-ring (bicyclic) bond motifs is 1. The number of hydrogen-bond donors (Lipinski definition) is 1. The molecule has 0 amide bonds. The Hall–Kier alpha value is -0.730. The zero-order valence-electron chi connectivity index (χ0n) is 10.6. The lowest BCUT2D eigenvalue weighted by Crippen LogP contribution is -2.36. The minimum Gasteiger partial charge on any atom is -0.493 e. The van der Waals surface area contributed by atoms with Crippen molar-refractivity contribution in [3.63, 3.8) is 0 Å². The van der Waals surface area contributed by atoms with Gasteiger partial charge < -0.3 is 10.1 Å². The van der Waals surface area contributed by atoms with Crippen molar-refractivity contribution in [2.75, 3.05) is 19.7 Å². The molecule has 3 rings (SSSR count). The van der Waals surface area contributed by atoms with E-state index in [4.69, 9.17) is 16.3 Å². The number of halogens is 1. The summed E-state index contributed by atoms with van der Waals surface area (Å²) in [6, 6.07) is 8.42. The van der Waals surface area contributed by atoms with E-state index < -0.39 is 0 Å². The van der Waals surface area contributed by atoms with E-state index in [1.165, 1.54) is 18.4 Å². The van der Waals surface area contributed by atoms with Crippen LogP contribution in [0.2, 0.25) is 0 Å². The third-order valence-corrected chi connectivity index (χ3v) is 4.44. The summed E-state index contributed by atoms with van der Waals surface area (Å²) in [6.07, 6.45) is 3.48. The van der Waals surface area contributed by atoms with Gasteiger partial charge in [-0.3, -0.25) is 0 Å². The minimum atomic E-state index is 0.431. The number of rotatable bonds is 4. The number of nitrogens with one attached hydrogen (secondary N) is 1. The summed E-state index contributed by atoms with van der Waals surface area (Å²) in [7, 11) is 0. The predicted octanol–water partition coefficient (Wildman–Crippen LogP) is 3.16. The lowest BCUT2D eigenvalue weighted by molar-refractivity contribution is 0.257. The van der Waals surface area contributed by atoms with Gasteiger partial charge in [0.05, 0.1) is 6.61 Å². The third kappa shape index (κ3) is 2.65. The van der Waals surface area contributed by atoms with Crippen molar-refractivity contribution in [1.82, 2.24) is 5.32 Å². The molecule has 0 saturated heterocycles. The maximum atomic E-state index is 5.99. The van der Waals surface area contributed by atoms with E-state index in [2.05, 4.69) is 23.5 Å². The lowest BCUT2D eigenvalue weighted by atomic mass is 9.84. The van der Waals surface area contributed by atoms with Crippen LogP contribution < -0.4 is 10.1 Å². The van der Waals surface area contributed by atoms with Crippen LogP contribution in [0.1, 0.15) is 30.7 Å². The van der Waals surface area contributed by atoms with Crippen molar-refractivity contribution in [2.45, 2.75) is 30.6 Å². The Balaban J connectivity index is 1.51. The first-order valence-corrected chi connectivity index (χ1v) is 7.33. The molecule has 0 radical (unpaired) electrons. The Kier molecular flexibility index (Phi) is 3.76. The number of benzene rings is 1. The SMILES string of the molecule is ClC1CC(CNCC2CCOc3ccccc32)C1. The first-order valence-electron chi connectivity index (χ1n) is 6.89. The highest BCUT2D eigenvalue weighted by Crippen LogP contribution is 2.34. The molecule has 1 aliphatic carbocycles. The molecule has 1 fully saturated rings. The van der Waals surface area contributed by atoms with Gasteiger partial charge in [-0.2, -0.15) is 0 Å². The second-order valence-electron chi connectivity index (χ2n) is 5.46. The number of hydrogen-bond acceptors (Lipinski definition) is 2. The van der Waals surface area contributed by atoms with E-state index in [1.807, 2.05) is 6.07 Å². The fourth-order valence-electron chi connectivity index (χ4n) is 2.91. The average Bonchev–Trinajstić information content (AvgIpc) is 2.37. The average molecular weight is 266 g/mol. The largest absolute Gasteiger partial charge is 0.493 e. The van der Waals surface area contributed by atoms with Crippen LogP contribution in [0.5, 0.6) is 5.75 Å². The predicted molar refractivity (Wildman–Crippen MR) is 74.5 cm³/mol. The summed E-state index contributed by atoms with van der Waals surface area (Å²) >= 11 is 5.99. The van der Waals surface area contributed by atoms with Crippen LogP contribution in [0.4, 0.5) is 0 Å². The molecule has 0 aromatic heterocycles. The van der Waals surface area contributed by atoms with E-state index in [0.717, 1.165) is 37.8 Å². The van der Waals surface area contributed by atoms with Crippen LogP contribution in [0.15, 0.2) is 24.3 Å². The standard InChI is InChI=1S/C15H20ClNO/c16-13-7-11(8-13)9-17-10-12-5-6-18-15-4-2-1-3-14(12)15/h1-4,11-13,17H,5-10H2. The van der Waals surface area contributed by atoms with Gasteiger partial charge in [-0.1, -0.05) is 18.2 Å². The molecule has 18 heavy (non-hydrogen) atoms. The summed E-state index contributed by atoms with van der Waals surface area (Å²) in [6.45, 7) is 3.02. The van der Waals surface area contributed by atoms with Crippen molar-refractivity contribution in [1.29, 1.82) is 0 Å². The molecular weight excluding hydrogens is 246 g/mol. The molecule has 98 valence electrons. The highest BCUT2D eigenvalue weighted by Gasteiger charge is 2.27. The van der Waals surface area contributed by atoms with Gasteiger partial charge >= 0.3 is 0 Å². The van der Waals surface area contributed by atoms with E-state index in [9.17, 15) is 0 Å². The monoisotopic (exact) mass is 265 g/mol. The zero-order chi connectivity index (χ0) is 12.4. The van der Waals surface area contributed by atoms with Gasteiger partial charge in [-0.25, -0.2) is 0 Å². The highest BCUT2D eigenvalue weighted by atomic mass is 35.5. The Morgan fingerprint density at radius 1 is 1.22 bits per heavy atom. The fraction of sp³-hybridized carbons (Fsp3) is 0.600. The topological polar surface area (TPSA) is 21.3 Å². The third-order valence-electron chi connectivity index (χ3n) is 4.08. The van der Waals surface area contributed by atoms with Crippen LogP contribution >= 0.6 is 11.6 Å².